The number of carbonyl (C=O) groups excluding carboxylic acids is 1. The molecule has 130 valence electrons. The minimum atomic E-state index is -1.06. The van der Waals surface area contributed by atoms with Crippen molar-refractivity contribution in [2.75, 3.05) is 0 Å². The first kappa shape index (κ1) is 16.8. The molecule has 0 saturated heterocycles. The number of aryl methyl sites for hydroxylation is 2. The highest BCUT2D eigenvalue weighted by Gasteiger charge is 2.21. The summed E-state index contributed by atoms with van der Waals surface area (Å²) in [6.45, 7) is 0.495. The Hall–Kier alpha value is -3.09. The van der Waals surface area contributed by atoms with Crippen LogP contribution in [0.5, 0.6) is 0 Å². The molecule has 0 spiro atoms. The van der Waals surface area contributed by atoms with Gasteiger partial charge in [-0.1, -0.05) is 18.2 Å². The van der Waals surface area contributed by atoms with Crippen LogP contribution >= 0.6 is 0 Å². The first-order valence-electron chi connectivity index (χ1n) is 8.06. The summed E-state index contributed by atoms with van der Waals surface area (Å²) in [6.07, 6.45) is 5.65. The Morgan fingerprint density at radius 3 is 2.80 bits per heavy atom. The lowest BCUT2D eigenvalue weighted by Gasteiger charge is -2.14. The largest absolute Gasteiger partial charge is 0.480 e. The second-order valence-electron chi connectivity index (χ2n) is 6.01. The molecule has 1 atom stereocenters. The fourth-order valence-electron chi connectivity index (χ4n) is 2.81. The number of carboxylic acids is 1. The highest BCUT2D eigenvalue weighted by molar-refractivity contribution is 5.84. The van der Waals surface area contributed by atoms with E-state index < -0.39 is 12.0 Å². The number of benzene rings is 1. The molecule has 25 heavy (non-hydrogen) atoms. The number of hydrogen-bond donors (Lipinski definition) is 2. The van der Waals surface area contributed by atoms with Gasteiger partial charge in [-0.25, -0.2) is 9.78 Å². The topological polar surface area (TPSA) is 89.2 Å². The number of hydrogen-bond acceptors (Lipinski definition) is 3. The maximum absolute atomic E-state index is 12.2. The predicted molar refractivity (Wildman–Crippen MR) is 93.0 cm³/mol. The van der Waals surface area contributed by atoms with Gasteiger partial charge < -0.3 is 19.6 Å². The van der Waals surface area contributed by atoms with Gasteiger partial charge in [0.2, 0.25) is 5.91 Å². The van der Waals surface area contributed by atoms with Gasteiger partial charge >= 0.3 is 5.97 Å². The fourth-order valence-corrected chi connectivity index (χ4v) is 2.81. The lowest BCUT2D eigenvalue weighted by atomic mass is 10.1. The zero-order valence-corrected chi connectivity index (χ0v) is 13.9. The zero-order valence-electron chi connectivity index (χ0n) is 13.9. The van der Waals surface area contributed by atoms with Gasteiger partial charge in [0.25, 0.3) is 0 Å². The Morgan fingerprint density at radius 1 is 1.28 bits per heavy atom. The van der Waals surface area contributed by atoms with Gasteiger partial charge in [0.1, 0.15) is 6.04 Å². The number of amides is 1. The first-order valence-corrected chi connectivity index (χ1v) is 8.06. The Kier molecular flexibility index (Phi) is 4.83. The minimum Gasteiger partial charge on any atom is -0.480 e. The third-order valence-electron chi connectivity index (χ3n) is 4.06. The number of aromatic nitrogens is 3. The smallest absolute Gasteiger partial charge is 0.326 e. The molecule has 2 aromatic heterocycles. The molecule has 0 aliphatic heterocycles. The Labute approximate surface area is 144 Å². The Bertz CT molecular complexity index is 897. The number of rotatable bonds is 7. The van der Waals surface area contributed by atoms with Crippen molar-refractivity contribution in [1.82, 2.24) is 19.4 Å². The van der Waals surface area contributed by atoms with E-state index in [0.29, 0.717) is 12.2 Å². The molecule has 0 radical (unpaired) electrons. The van der Waals surface area contributed by atoms with Gasteiger partial charge in [-0.15, -0.1) is 0 Å². The van der Waals surface area contributed by atoms with Crippen molar-refractivity contribution in [2.24, 2.45) is 7.05 Å². The summed E-state index contributed by atoms with van der Waals surface area (Å²) in [5.74, 6) is -1.36. The van der Waals surface area contributed by atoms with Gasteiger partial charge in [-0.2, -0.15) is 0 Å². The SMILES string of the molecule is Cn1cnc(C[C@H](NC(=O)CCn2ccc3ccccc32)C(=O)O)c1. The molecule has 0 fully saturated rings. The number of carbonyl (C=O) groups is 2. The van der Waals surface area contributed by atoms with Gasteiger partial charge in [-0.3, -0.25) is 4.79 Å². The molecule has 1 amide bonds. The van der Waals surface area contributed by atoms with Crippen LogP contribution in [0.15, 0.2) is 49.1 Å². The summed E-state index contributed by atoms with van der Waals surface area (Å²) < 4.78 is 3.73. The number of aliphatic carboxylic acids is 1. The molecule has 2 heterocycles. The van der Waals surface area contributed by atoms with Crippen LogP contribution < -0.4 is 5.32 Å². The number of para-hydroxylation sites is 1. The quantitative estimate of drug-likeness (QED) is 0.683. The number of imidazole rings is 1. The van der Waals surface area contributed by atoms with Crippen molar-refractivity contribution in [3.63, 3.8) is 0 Å². The molecular formula is C18H20N4O3. The van der Waals surface area contributed by atoms with Crippen LogP contribution in [0.2, 0.25) is 0 Å². The highest BCUT2D eigenvalue weighted by Crippen LogP contribution is 2.15. The molecule has 2 N–H and O–H groups in total. The molecule has 7 heteroatoms. The molecule has 0 bridgehead atoms. The van der Waals surface area contributed by atoms with Crippen LogP contribution in [0.4, 0.5) is 0 Å². The highest BCUT2D eigenvalue weighted by atomic mass is 16.4. The lowest BCUT2D eigenvalue weighted by molar-refractivity contribution is -0.141. The maximum atomic E-state index is 12.2. The summed E-state index contributed by atoms with van der Waals surface area (Å²) in [7, 11) is 1.81. The van der Waals surface area contributed by atoms with Crippen LogP contribution in [0.3, 0.4) is 0 Å². The molecule has 7 nitrogen and oxygen atoms in total. The average molecular weight is 340 g/mol. The second-order valence-corrected chi connectivity index (χ2v) is 6.01. The third kappa shape index (κ3) is 4.06. The predicted octanol–water partition coefficient (Wildman–Crippen LogP) is 1.58. The minimum absolute atomic E-state index is 0.161. The molecule has 3 rings (SSSR count). The maximum Gasteiger partial charge on any atom is 0.326 e. The summed E-state index contributed by atoms with van der Waals surface area (Å²) >= 11 is 0. The number of carboxylic acid groups (broad SMARTS) is 1. The lowest BCUT2D eigenvalue weighted by Crippen LogP contribution is -2.42. The molecule has 0 aliphatic rings. The van der Waals surface area contributed by atoms with Gasteiger partial charge in [0.05, 0.1) is 12.0 Å². The molecule has 1 aromatic carbocycles. The normalized spacial score (nSPS) is 12.2. The monoisotopic (exact) mass is 340 g/mol. The van der Waals surface area contributed by atoms with Crippen molar-refractivity contribution < 1.29 is 14.7 Å². The second kappa shape index (κ2) is 7.21. The van der Waals surface area contributed by atoms with Crippen LogP contribution in [-0.4, -0.2) is 37.1 Å². The number of nitrogens with one attached hydrogen (secondary N) is 1. The summed E-state index contributed by atoms with van der Waals surface area (Å²) in [5, 5.41) is 13.0. The average Bonchev–Trinajstić information content (AvgIpc) is 3.18. The van der Waals surface area contributed by atoms with E-state index in [9.17, 15) is 14.7 Å². The summed E-state index contributed by atoms with van der Waals surface area (Å²) in [5.41, 5.74) is 1.69. The van der Waals surface area contributed by atoms with E-state index in [2.05, 4.69) is 10.3 Å². The van der Waals surface area contributed by atoms with E-state index in [1.807, 2.05) is 48.1 Å². The standard InChI is InChI=1S/C18H20N4O3/c1-21-11-14(19-12-21)10-15(18(24)25)20-17(23)7-9-22-8-6-13-4-2-3-5-16(13)22/h2-6,8,11-12,15H,7,9-10H2,1H3,(H,20,23)(H,24,25)/t15-/m0/s1. The Balaban J connectivity index is 1.59. The third-order valence-corrected chi connectivity index (χ3v) is 4.06. The van der Waals surface area contributed by atoms with Crippen molar-refractivity contribution in [3.8, 4) is 0 Å². The van der Waals surface area contributed by atoms with Gasteiger partial charge in [-0.05, 0) is 17.5 Å². The van der Waals surface area contributed by atoms with Crippen molar-refractivity contribution in [1.29, 1.82) is 0 Å². The van der Waals surface area contributed by atoms with E-state index in [-0.39, 0.29) is 18.7 Å². The molecule has 0 unspecified atom stereocenters. The summed E-state index contributed by atoms with van der Waals surface area (Å²) in [4.78, 5) is 27.7. The van der Waals surface area contributed by atoms with Crippen LogP contribution in [0.25, 0.3) is 10.9 Å². The van der Waals surface area contributed by atoms with E-state index in [1.54, 1.807) is 17.1 Å². The molecule has 3 aromatic rings. The van der Waals surface area contributed by atoms with E-state index >= 15 is 0 Å². The number of fused-ring (bicyclic) bond motifs is 1. The Morgan fingerprint density at radius 2 is 2.08 bits per heavy atom. The van der Waals surface area contributed by atoms with E-state index in [0.717, 1.165) is 10.9 Å². The zero-order chi connectivity index (χ0) is 17.8. The van der Waals surface area contributed by atoms with Crippen molar-refractivity contribution >= 4 is 22.8 Å². The van der Waals surface area contributed by atoms with Crippen LogP contribution in [-0.2, 0) is 29.6 Å². The van der Waals surface area contributed by atoms with Gasteiger partial charge in [0.15, 0.2) is 0 Å². The number of nitrogens with zero attached hydrogens (tertiary/aromatic N) is 3. The molecule has 0 aliphatic carbocycles. The van der Waals surface area contributed by atoms with E-state index in [1.165, 1.54) is 0 Å². The molecule has 0 saturated carbocycles. The van der Waals surface area contributed by atoms with Crippen molar-refractivity contribution in [2.45, 2.75) is 25.4 Å². The van der Waals surface area contributed by atoms with Gasteiger partial charge in [0, 0.05) is 44.3 Å². The van der Waals surface area contributed by atoms with E-state index in [4.69, 9.17) is 0 Å². The first-order chi connectivity index (χ1) is 12.0. The molecular weight excluding hydrogens is 320 g/mol. The fraction of sp³-hybridized carbons (Fsp3) is 0.278. The van der Waals surface area contributed by atoms with Crippen LogP contribution in [0, 0.1) is 0 Å². The van der Waals surface area contributed by atoms with Crippen LogP contribution in [0.1, 0.15) is 12.1 Å². The van der Waals surface area contributed by atoms with Crippen molar-refractivity contribution in [3.05, 3.63) is 54.7 Å². The summed E-state index contributed by atoms with van der Waals surface area (Å²) in [6, 6.07) is 8.94.